The van der Waals surface area contributed by atoms with E-state index >= 15 is 0 Å². The minimum atomic E-state index is 0.866. The molecule has 0 N–H and O–H groups in total. The summed E-state index contributed by atoms with van der Waals surface area (Å²) in [6.45, 7) is 0. The van der Waals surface area contributed by atoms with Gasteiger partial charge in [-0.3, -0.25) is 0 Å². The largest absolute Gasteiger partial charge is 0.456 e. The van der Waals surface area contributed by atoms with Crippen LogP contribution in [0.4, 0.5) is 34.1 Å². The molecule has 0 radical (unpaired) electrons. The molecule has 0 bridgehead atoms. The van der Waals surface area contributed by atoms with Gasteiger partial charge in [0.2, 0.25) is 0 Å². The molecule has 1 aliphatic heterocycles. The third-order valence-corrected chi connectivity index (χ3v) is 12.4. The third kappa shape index (κ3) is 6.55. The molecule has 0 aliphatic carbocycles. The molecule has 0 spiro atoms. The number of hydrogen-bond acceptors (Lipinski definition) is 3. The fraction of sp³-hybridized carbons (Fsp3) is 0. The van der Waals surface area contributed by atoms with Crippen LogP contribution < -0.4 is 14.5 Å². The number of benzene rings is 11. The normalized spacial score (nSPS) is 11.6. The van der Waals surface area contributed by atoms with Gasteiger partial charge in [-0.25, -0.2) is 0 Å². The summed E-state index contributed by atoms with van der Waals surface area (Å²) in [6, 6.07) is 86.9. The van der Waals surface area contributed by atoms with Crippen LogP contribution in [0.1, 0.15) is 0 Å². The number of hydrogen-bond donors (Lipinski definition) is 0. The average Bonchev–Trinajstić information content (AvgIpc) is 3.35. The van der Waals surface area contributed by atoms with E-state index in [0.717, 1.165) is 73.3 Å². The highest BCUT2D eigenvalue weighted by Crippen LogP contribution is 2.50. The number of rotatable bonds is 8. The van der Waals surface area contributed by atoms with Crippen LogP contribution >= 0.6 is 0 Å². The molecule has 0 saturated carbocycles. The van der Waals surface area contributed by atoms with Crippen LogP contribution in [-0.4, -0.2) is 0 Å². The van der Waals surface area contributed by atoms with E-state index in [0.29, 0.717) is 0 Å². The standard InChI is InChI=1S/C60H40N2O/c1-3-16-48(17-4-1)61(52-33-24-41-12-7-9-14-45(41)38-52)50-29-22-43(23-30-50)47-28-35-55-57-37-36-54(56-20-11-21-58(60(56)57)63-59(55)40-47)44-26-31-51(32-27-44)62(49-18-5-2-6-19-49)53-34-25-42-13-8-10-15-46(42)39-53/h1-40H. The van der Waals surface area contributed by atoms with Gasteiger partial charge in [0, 0.05) is 45.1 Å². The van der Waals surface area contributed by atoms with E-state index in [2.05, 4.69) is 252 Å². The topological polar surface area (TPSA) is 15.7 Å². The Morgan fingerprint density at radius 2 is 0.714 bits per heavy atom. The van der Waals surface area contributed by atoms with Gasteiger partial charge in [-0.15, -0.1) is 0 Å². The van der Waals surface area contributed by atoms with Gasteiger partial charge in [0.25, 0.3) is 0 Å². The Hall–Kier alpha value is -8.40. The van der Waals surface area contributed by atoms with Gasteiger partial charge < -0.3 is 14.5 Å². The van der Waals surface area contributed by atoms with Crippen LogP contribution in [0.5, 0.6) is 11.5 Å². The summed E-state index contributed by atoms with van der Waals surface area (Å²) >= 11 is 0. The summed E-state index contributed by atoms with van der Waals surface area (Å²) < 4.78 is 6.78. The average molecular weight is 805 g/mol. The maximum Gasteiger partial charge on any atom is 0.135 e. The third-order valence-electron chi connectivity index (χ3n) is 12.4. The summed E-state index contributed by atoms with van der Waals surface area (Å²) in [6.07, 6.45) is 0. The number of nitrogens with zero attached hydrogens (tertiary/aromatic N) is 2. The van der Waals surface area contributed by atoms with Crippen molar-refractivity contribution in [1.82, 2.24) is 0 Å². The zero-order chi connectivity index (χ0) is 41.7. The molecule has 1 heterocycles. The molecule has 0 amide bonds. The lowest BCUT2D eigenvalue weighted by Gasteiger charge is -2.26. The molecular weight excluding hydrogens is 765 g/mol. The van der Waals surface area contributed by atoms with E-state index in [9.17, 15) is 0 Å². The molecule has 0 fully saturated rings. The minimum absolute atomic E-state index is 0.866. The highest BCUT2D eigenvalue weighted by molar-refractivity contribution is 6.10. The van der Waals surface area contributed by atoms with Crippen molar-refractivity contribution in [3.8, 4) is 44.9 Å². The van der Waals surface area contributed by atoms with Crippen molar-refractivity contribution >= 4 is 66.4 Å². The first-order valence-electron chi connectivity index (χ1n) is 21.5. The lowest BCUT2D eigenvalue weighted by molar-refractivity contribution is 0.487. The predicted octanol–water partition coefficient (Wildman–Crippen LogP) is 17.2. The van der Waals surface area contributed by atoms with Gasteiger partial charge in [-0.2, -0.15) is 0 Å². The molecular formula is C60H40N2O. The van der Waals surface area contributed by atoms with E-state index in [1.807, 2.05) is 0 Å². The molecule has 1 aliphatic rings. The molecule has 3 heteroatoms. The summed E-state index contributed by atoms with van der Waals surface area (Å²) in [5.74, 6) is 1.74. The van der Waals surface area contributed by atoms with Gasteiger partial charge in [0.15, 0.2) is 0 Å². The summed E-state index contributed by atoms with van der Waals surface area (Å²) in [5.41, 5.74) is 13.5. The Kier molecular flexibility index (Phi) is 8.83. The first kappa shape index (κ1) is 36.5. The monoisotopic (exact) mass is 804 g/mol. The molecule has 63 heavy (non-hydrogen) atoms. The second-order valence-corrected chi connectivity index (χ2v) is 16.2. The lowest BCUT2D eigenvalue weighted by atomic mass is 9.89. The molecule has 11 aromatic rings. The molecule has 296 valence electrons. The maximum absolute atomic E-state index is 6.78. The van der Waals surface area contributed by atoms with Crippen molar-refractivity contribution in [3.05, 3.63) is 243 Å². The number of fused-ring (bicyclic) bond motifs is 4. The highest BCUT2D eigenvalue weighted by Gasteiger charge is 2.23. The van der Waals surface area contributed by atoms with Gasteiger partial charge in [-0.1, -0.05) is 152 Å². The molecule has 11 aromatic carbocycles. The van der Waals surface area contributed by atoms with Crippen molar-refractivity contribution in [3.63, 3.8) is 0 Å². The SMILES string of the molecule is c1ccc(N(c2ccc(-c3ccc4c(c3)Oc3cccc5c(-c6ccc(N(c7ccccc7)c7ccc8ccccc8c7)cc6)ccc-4c35)cc2)c2ccc3ccccc3c2)cc1. The Labute approximate surface area is 367 Å². The lowest BCUT2D eigenvalue weighted by Crippen LogP contribution is -2.09. The Morgan fingerprint density at radius 1 is 0.254 bits per heavy atom. The molecule has 0 atom stereocenters. The minimum Gasteiger partial charge on any atom is -0.456 e. The first-order valence-corrected chi connectivity index (χ1v) is 21.5. The Morgan fingerprint density at radius 3 is 1.30 bits per heavy atom. The van der Waals surface area contributed by atoms with Gasteiger partial charge in [-0.05, 0) is 146 Å². The fourth-order valence-corrected chi connectivity index (χ4v) is 9.33. The smallest absolute Gasteiger partial charge is 0.135 e. The summed E-state index contributed by atoms with van der Waals surface area (Å²) in [7, 11) is 0. The van der Waals surface area contributed by atoms with E-state index < -0.39 is 0 Å². The zero-order valence-electron chi connectivity index (χ0n) is 34.4. The van der Waals surface area contributed by atoms with Gasteiger partial charge in [0.05, 0.1) is 0 Å². The van der Waals surface area contributed by atoms with Crippen LogP contribution in [0.3, 0.4) is 0 Å². The van der Waals surface area contributed by atoms with E-state index in [1.165, 1.54) is 38.1 Å². The van der Waals surface area contributed by atoms with Crippen LogP contribution in [0.2, 0.25) is 0 Å². The van der Waals surface area contributed by atoms with Crippen molar-refractivity contribution in [2.24, 2.45) is 0 Å². The van der Waals surface area contributed by atoms with Crippen LogP contribution in [-0.2, 0) is 0 Å². The molecule has 3 nitrogen and oxygen atoms in total. The molecule has 0 saturated heterocycles. The second kappa shape index (κ2) is 15.3. The zero-order valence-corrected chi connectivity index (χ0v) is 34.4. The molecule has 0 unspecified atom stereocenters. The maximum atomic E-state index is 6.78. The van der Waals surface area contributed by atoms with Crippen LogP contribution in [0, 0.1) is 0 Å². The van der Waals surface area contributed by atoms with Crippen molar-refractivity contribution in [2.75, 3.05) is 9.80 Å². The first-order chi connectivity index (χ1) is 31.2. The van der Waals surface area contributed by atoms with Gasteiger partial charge in [0.1, 0.15) is 11.5 Å². The summed E-state index contributed by atoms with van der Waals surface area (Å²) in [4.78, 5) is 4.64. The molecule has 12 rings (SSSR count). The van der Waals surface area contributed by atoms with E-state index in [-0.39, 0.29) is 0 Å². The Balaban J connectivity index is 0.859. The van der Waals surface area contributed by atoms with Crippen molar-refractivity contribution in [1.29, 1.82) is 0 Å². The van der Waals surface area contributed by atoms with Gasteiger partial charge >= 0.3 is 0 Å². The highest BCUT2D eigenvalue weighted by atomic mass is 16.5. The van der Waals surface area contributed by atoms with Crippen molar-refractivity contribution in [2.45, 2.75) is 0 Å². The predicted molar refractivity (Wildman–Crippen MR) is 265 cm³/mol. The fourth-order valence-electron chi connectivity index (χ4n) is 9.33. The Bertz CT molecular complexity index is 3470. The van der Waals surface area contributed by atoms with E-state index in [1.54, 1.807) is 0 Å². The van der Waals surface area contributed by atoms with Crippen LogP contribution in [0.25, 0.3) is 65.7 Å². The molecule has 0 aromatic heterocycles. The van der Waals surface area contributed by atoms with E-state index in [4.69, 9.17) is 4.74 Å². The number of para-hydroxylation sites is 2. The number of ether oxygens (including phenoxy) is 1. The number of anilines is 6. The second-order valence-electron chi connectivity index (χ2n) is 16.2. The quantitative estimate of drug-likeness (QED) is 0.152. The summed E-state index contributed by atoms with van der Waals surface area (Å²) in [5, 5.41) is 7.21. The van der Waals surface area contributed by atoms with Crippen molar-refractivity contribution < 1.29 is 4.74 Å². The van der Waals surface area contributed by atoms with Crippen LogP contribution in [0.15, 0.2) is 243 Å².